The molecule has 2 N–H and O–H groups in total. The fraction of sp³-hybridized carbons (Fsp3) is 0.258. The molecule has 0 saturated carbocycles. The fourth-order valence-corrected chi connectivity index (χ4v) is 4.28. The minimum Gasteiger partial charge on any atom is -0.388 e. The number of nitrogens with zero attached hydrogens (tertiary/aromatic N) is 2. The zero-order valence-electron chi connectivity index (χ0n) is 21.6. The molecular weight excluding hydrogens is 428 g/mol. The van der Waals surface area contributed by atoms with Crippen LogP contribution in [0.1, 0.15) is 50.3 Å². The number of hydrogen-bond donors (Lipinski definition) is 2. The first-order chi connectivity index (χ1) is 17.0. The van der Waals surface area contributed by atoms with E-state index in [1.807, 2.05) is 20.0 Å². The Morgan fingerprint density at radius 1 is 1.09 bits per heavy atom. The summed E-state index contributed by atoms with van der Waals surface area (Å²) in [7, 11) is 1.95. The lowest BCUT2D eigenvalue weighted by Gasteiger charge is -2.25. The number of anilines is 1. The molecule has 3 rings (SSSR count). The summed E-state index contributed by atoms with van der Waals surface area (Å²) in [4.78, 5) is 6.41. The van der Waals surface area contributed by atoms with Crippen molar-refractivity contribution >= 4 is 11.4 Å². The molecule has 0 atom stereocenters. The van der Waals surface area contributed by atoms with Crippen LogP contribution in [0, 0.1) is 13.5 Å². The van der Waals surface area contributed by atoms with E-state index in [0.717, 1.165) is 47.0 Å². The summed E-state index contributed by atoms with van der Waals surface area (Å²) in [6.45, 7) is 14.4. The second kappa shape index (κ2) is 12.5. The van der Waals surface area contributed by atoms with Gasteiger partial charge in [-0.1, -0.05) is 66.3 Å². The van der Waals surface area contributed by atoms with Crippen molar-refractivity contribution in [1.82, 2.24) is 10.2 Å². The van der Waals surface area contributed by atoms with Crippen LogP contribution < -0.4 is 10.6 Å². The van der Waals surface area contributed by atoms with Gasteiger partial charge in [0.15, 0.2) is 0 Å². The van der Waals surface area contributed by atoms with E-state index in [1.54, 1.807) is 0 Å². The molecule has 2 aromatic carbocycles. The molecule has 0 spiro atoms. The van der Waals surface area contributed by atoms with Crippen molar-refractivity contribution in [3.05, 3.63) is 123 Å². The number of rotatable bonds is 9. The normalized spacial score (nSPS) is 14.6. The molecule has 0 bridgehead atoms. The third-order valence-electron chi connectivity index (χ3n) is 6.27. The maximum Gasteiger partial charge on any atom is 0.409 e. The molecule has 0 saturated heterocycles. The van der Waals surface area contributed by atoms with Crippen LogP contribution in [0.4, 0.5) is 5.69 Å². The lowest BCUT2D eigenvalue weighted by molar-refractivity contribution is 0.531. The van der Waals surface area contributed by atoms with Gasteiger partial charge in [0.25, 0.3) is 0 Å². The largest absolute Gasteiger partial charge is 0.409 e. The van der Waals surface area contributed by atoms with Crippen LogP contribution in [0.25, 0.3) is 10.5 Å². The summed E-state index contributed by atoms with van der Waals surface area (Å²) in [6, 6.07) is 16.7. The van der Waals surface area contributed by atoms with Crippen LogP contribution in [0.15, 0.2) is 102 Å². The van der Waals surface area contributed by atoms with Gasteiger partial charge in [0.2, 0.25) is 0 Å². The highest BCUT2D eigenvalue weighted by Crippen LogP contribution is 2.33. The van der Waals surface area contributed by atoms with E-state index in [4.69, 9.17) is 6.57 Å². The topological polar surface area (TPSA) is 31.7 Å². The molecule has 1 aliphatic heterocycles. The summed E-state index contributed by atoms with van der Waals surface area (Å²) in [5.41, 5.74) is 9.13. The van der Waals surface area contributed by atoms with Gasteiger partial charge >= 0.3 is 5.82 Å². The third-order valence-corrected chi connectivity index (χ3v) is 6.27. The molecule has 0 radical (unpaired) electrons. The second-order valence-corrected chi connectivity index (χ2v) is 8.68. The predicted octanol–water partition coefficient (Wildman–Crippen LogP) is 7.82. The number of nitrogens with one attached hydrogen (secondary N) is 2. The minimum atomic E-state index is 0.701. The van der Waals surface area contributed by atoms with Crippen LogP contribution in [-0.2, 0) is 6.42 Å². The van der Waals surface area contributed by atoms with E-state index in [1.165, 1.54) is 16.7 Å². The van der Waals surface area contributed by atoms with E-state index >= 15 is 0 Å². The first kappa shape index (κ1) is 25.6. The second-order valence-electron chi connectivity index (χ2n) is 8.68. The van der Waals surface area contributed by atoms with E-state index in [0.29, 0.717) is 6.42 Å². The molecule has 0 amide bonds. The zero-order valence-corrected chi connectivity index (χ0v) is 21.6. The summed E-state index contributed by atoms with van der Waals surface area (Å²) in [5, 5.41) is 6.96. The van der Waals surface area contributed by atoms with Gasteiger partial charge in [-0.15, -0.1) is 0 Å². The van der Waals surface area contributed by atoms with Gasteiger partial charge in [0.1, 0.15) is 24.2 Å². The zero-order chi connectivity index (χ0) is 25.2. The van der Waals surface area contributed by atoms with Gasteiger partial charge in [-0.2, -0.15) is 9.74 Å². The Labute approximate surface area is 210 Å². The molecule has 35 heavy (non-hydrogen) atoms. The highest BCUT2D eigenvalue weighted by molar-refractivity contribution is 5.74. The van der Waals surface area contributed by atoms with Gasteiger partial charge in [-0.3, -0.25) is 0 Å². The number of allylic oxidation sites excluding steroid dienone is 7. The van der Waals surface area contributed by atoms with Crippen LogP contribution in [0.5, 0.6) is 0 Å². The summed E-state index contributed by atoms with van der Waals surface area (Å²) >= 11 is 0. The maximum atomic E-state index is 6.01. The number of hydrogen-bond acceptors (Lipinski definition) is 3. The van der Waals surface area contributed by atoms with Crippen molar-refractivity contribution in [2.75, 3.05) is 12.4 Å². The van der Waals surface area contributed by atoms with E-state index in [-0.39, 0.29) is 0 Å². The Morgan fingerprint density at radius 2 is 1.86 bits per heavy atom. The Kier molecular flexibility index (Phi) is 9.15. The van der Waals surface area contributed by atoms with Gasteiger partial charge in [0, 0.05) is 31.1 Å². The van der Waals surface area contributed by atoms with Gasteiger partial charge in [-0.05, 0) is 57.4 Å². The van der Waals surface area contributed by atoms with Crippen molar-refractivity contribution in [2.24, 2.45) is 0 Å². The van der Waals surface area contributed by atoms with Crippen molar-refractivity contribution in [2.45, 2.75) is 47.0 Å². The molecule has 0 fully saturated rings. The molecule has 1 heterocycles. The van der Waals surface area contributed by atoms with Gasteiger partial charge in [-0.25, -0.2) is 0 Å². The van der Waals surface area contributed by atoms with Crippen LogP contribution in [0.2, 0.25) is 0 Å². The Hall–Kier alpha value is -3.97. The Bertz CT molecular complexity index is 1220. The van der Waals surface area contributed by atoms with Crippen molar-refractivity contribution in [3.63, 3.8) is 0 Å². The van der Waals surface area contributed by atoms with E-state index < -0.39 is 0 Å². The summed E-state index contributed by atoms with van der Waals surface area (Å²) in [5.74, 6) is 0.739. The quantitative estimate of drug-likeness (QED) is 0.370. The summed E-state index contributed by atoms with van der Waals surface area (Å²) < 4.78 is 0. The molecule has 2 aromatic rings. The van der Waals surface area contributed by atoms with E-state index in [2.05, 4.69) is 114 Å². The first-order valence-electron chi connectivity index (χ1n) is 12.2. The van der Waals surface area contributed by atoms with Gasteiger partial charge < -0.3 is 10.6 Å². The van der Waals surface area contributed by atoms with Crippen LogP contribution in [-0.4, -0.2) is 11.9 Å². The monoisotopic (exact) mass is 465 g/mol. The predicted molar refractivity (Wildman–Crippen MR) is 151 cm³/mol. The molecular formula is C31H37N4+. The summed E-state index contributed by atoms with van der Waals surface area (Å²) in [6.07, 6.45) is 13.1. The number of benzene rings is 2. The minimum absolute atomic E-state index is 0.701. The molecule has 0 unspecified atom stereocenters. The molecule has 180 valence electrons. The standard InChI is InChI=1S/C31H37N4/c1-7-9-14-23(3)19-20-26(8-2)35-22-30(27-17-13-18-28(32-5)24(27)4)34-29(31(35)33-6)21-25-15-11-10-12-16-25/h6-18,22,32,34H,19-21H2,1-5H3/q+1/b9-7-,23-14+,26-8+. The van der Waals surface area contributed by atoms with Crippen LogP contribution >= 0.6 is 0 Å². The average Bonchev–Trinajstić information content (AvgIpc) is 2.88. The molecule has 4 nitrogen and oxygen atoms in total. The molecule has 0 aromatic heterocycles. The van der Waals surface area contributed by atoms with E-state index in [9.17, 15) is 0 Å². The SMILES string of the molecule is C#[N+]C1=C(Cc2ccccc2)NC(c2cccc(NC)c2C)=CN1/C(=C/C)CC/C(C)=C/C=C\C. The highest BCUT2D eigenvalue weighted by atomic mass is 15.2. The van der Waals surface area contributed by atoms with Crippen molar-refractivity contribution in [3.8, 4) is 6.57 Å². The smallest absolute Gasteiger partial charge is 0.388 e. The molecule has 1 aliphatic rings. The molecule has 0 aliphatic carbocycles. The molecule has 4 heteroatoms. The van der Waals surface area contributed by atoms with Crippen molar-refractivity contribution in [1.29, 1.82) is 0 Å². The third kappa shape index (κ3) is 6.33. The highest BCUT2D eigenvalue weighted by Gasteiger charge is 2.32. The fourth-order valence-electron chi connectivity index (χ4n) is 4.28. The van der Waals surface area contributed by atoms with Crippen LogP contribution in [0.3, 0.4) is 0 Å². The average molecular weight is 466 g/mol. The Balaban J connectivity index is 2.06. The Morgan fingerprint density at radius 3 is 2.51 bits per heavy atom. The lowest BCUT2D eigenvalue weighted by atomic mass is 10.0. The maximum absolute atomic E-state index is 6.01. The lowest BCUT2D eigenvalue weighted by Crippen LogP contribution is -2.29. The van der Waals surface area contributed by atoms with Gasteiger partial charge in [0.05, 0.1) is 5.70 Å². The first-order valence-corrected chi connectivity index (χ1v) is 12.2. The van der Waals surface area contributed by atoms with Crippen molar-refractivity contribution < 1.29 is 0 Å².